The molecule has 1 atom stereocenters. The monoisotopic (exact) mass is 370 g/mol. The molecule has 4 rings (SSSR count). The average Bonchev–Trinajstić information content (AvgIpc) is 3.26. The lowest BCUT2D eigenvalue weighted by Gasteiger charge is -2.36. The van der Waals surface area contributed by atoms with Crippen LogP contribution in [0.4, 0.5) is 10.5 Å². The summed E-state index contributed by atoms with van der Waals surface area (Å²) in [5.74, 6) is 1.32. The molecule has 0 radical (unpaired) electrons. The van der Waals surface area contributed by atoms with E-state index in [1.807, 2.05) is 30.0 Å². The lowest BCUT2D eigenvalue weighted by Crippen LogP contribution is -2.38. The summed E-state index contributed by atoms with van der Waals surface area (Å²) >= 11 is 0. The van der Waals surface area contributed by atoms with Gasteiger partial charge in [0.2, 0.25) is 5.89 Å². The minimum atomic E-state index is -0.0761. The number of likely N-dealkylation sites (tertiary alicyclic amines) is 1. The molecular weight excluding hydrogens is 344 g/mol. The average molecular weight is 370 g/mol. The first kappa shape index (κ1) is 18.0. The Bertz CT molecular complexity index is 813. The molecule has 27 heavy (non-hydrogen) atoms. The second kappa shape index (κ2) is 7.31. The number of nitrogens with zero attached hydrogens (tertiary/aromatic N) is 3. The highest BCUT2D eigenvalue weighted by atomic mass is 16.5. The zero-order valence-electron chi connectivity index (χ0n) is 15.9. The molecule has 2 aromatic rings. The van der Waals surface area contributed by atoms with E-state index in [4.69, 9.17) is 9.26 Å². The molecule has 7 nitrogen and oxygen atoms in total. The fraction of sp³-hybridized carbons (Fsp3) is 0.550. The van der Waals surface area contributed by atoms with E-state index in [2.05, 4.69) is 28.4 Å². The minimum Gasteiger partial charge on any atom is -0.381 e. The molecule has 1 unspecified atom stereocenters. The fourth-order valence-electron chi connectivity index (χ4n) is 4.27. The standard InChI is InChI=1S/C20H26N4O3/c1-3-15-5-4-6-16(11-15)22-19(25)24-12-17(18-21-14(2)23-27-18)20(13-24)7-9-26-10-8-20/h4-6,11,17H,3,7-10,12-13H2,1-2H3,(H,22,25). The number of hydrogen-bond donors (Lipinski definition) is 1. The molecule has 3 heterocycles. The summed E-state index contributed by atoms with van der Waals surface area (Å²) < 4.78 is 11.1. The van der Waals surface area contributed by atoms with Crippen molar-refractivity contribution in [1.29, 1.82) is 0 Å². The summed E-state index contributed by atoms with van der Waals surface area (Å²) in [6.07, 6.45) is 2.73. The summed E-state index contributed by atoms with van der Waals surface area (Å²) in [4.78, 5) is 19.3. The second-order valence-electron chi connectivity index (χ2n) is 7.57. The lowest BCUT2D eigenvalue weighted by molar-refractivity contribution is 0.00959. The Labute approximate surface area is 159 Å². The van der Waals surface area contributed by atoms with Crippen LogP contribution >= 0.6 is 0 Å². The van der Waals surface area contributed by atoms with Crippen molar-refractivity contribution in [2.75, 3.05) is 31.6 Å². The van der Waals surface area contributed by atoms with E-state index in [1.54, 1.807) is 0 Å². The molecule has 1 aromatic heterocycles. The summed E-state index contributed by atoms with van der Waals surface area (Å²) in [7, 11) is 0. The number of rotatable bonds is 3. The number of anilines is 1. The van der Waals surface area contributed by atoms with E-state index < -0.39 is 0 Å². The third-order valence-corrected chi connectivity index (χ3v) is 5.85. The Morgan fingerprint density at radius 1 is 1.37 bits per heavy atom. The van der Waals surface area contributed by atoms with E-state index in [0.717, 1.165) is 24.9 Å². The lowest BCUT2D eigenvalue weighted by atomic mass is 9.72. The summed E-state index contributed by atoms with van der Waals surface area (Å²) in [5.41, 5.74) is 1.98. The SMILES string of the molecule is CCc1cccc(NC(=O)N2CC(c3nc(C)no3)C3(CCOCC3)C2)c1. The van der Waals surface area contributed by atoms with Gasteiger partial charge in [-0.1, -0.05) is 24.2 Å². The highest BCUT2D eigenvalue weighted by molar-refractivity contribution is 5.89. The maximum atomic E-state index is 12.9. The predicted molar refractivity (Wildman–Crippen MR) is 101 cm³/mol. The number of carbonyl (C=O) groups excluding carboxylic acids is 1. The van der Waals surface area contributed by atoms with Gasteiger partial charge in [-0.2, -0.15) is 4.98 Å². The van der Waals surface area contributed by atoms with Gasteiger partial charge in [0.1, 0.15) is 0 Å². The largest absolute Gasteiger partial charge is 0.381 e. The van der Waals surface area contributed by atoms with Crippen molar-refractivity contribution in [3.8, 4) is 0 Å². The Hall–Kier alpha value is -2.41. The van der Waals surface area contributed by atoms with Crippen LogP contribution in [-0.4, -0.2) is 47.4 Å². The molecule has 1 N–H and O–H groups in total. The van der Waals surface area contributed by atoms with Crippen LogP contribution in [0.15, 0.2) is 28.8 Å². The molecule has 2 aliphatic rings. The molecule has 144 valence electrons. The number of urea groups is 1. The van der Waals surface area contributed by atoms with Gasteiger partial charge in [0.25, 0.3) is 0 Å². The molecule has 0 saturated carbocycles. The molecule has 2 fully saturated rings. The van der Waals surface area contributed by atoms with Gasteiger partial charge in [-0.15, -0.1) is 0 Å². The molecule has 1 aromatic carbocycles. The van der Waals surface area contributed by atoms with Crippen molar-refractivity contribution in [3.63, 3.8) is 0 Å². The molecule has 1 spiro atoms. The highest BCUT2D eigenvalue weighted by Crippen LogP contribution is 2.49. The van der Waals surface area contributed by atoms with E-state index in [1.165, 1.54) is 5.56 Å². The third kappa shape index (κ3) is 3.56. The van der Waals surface area contributed by atoms with Crippen LogP contribution in [0.2, 0.25) is 0 Å². The molecule has 7 heteroatoms. The van der Waals surface area contributed by atoms with Crippen LogP contribution in [0.3, 0.4) is 0 Å². The number of aryl methyl sites for hydroxylation is 2. The quantitative estimate of drug-likeness (QED) is 0.896. The van der Waals surface area contributed by atoms with Gasteiger partial charge in [-0.3, -0.25) is 0 Å². The Balaban J connectivity index is 1.54. The molecule has 2 aliphatic heterocycles. The summed E-state index contributed by atoms with van der Waals surface area (Å²) in [6.45, 7) is 6.61. The van der Waals surface area contributed by atoms with Gasteiger partial charge < -0.3 is 19.5 Å². The summed E-state index contributed by atoms with van der Waals surface area (Å²) in [6, 6.07) is 7.92. The highest BCUT2D eigenvalue weighted by Gasteiger charge is 2.51. The fourth-order valence-corrected chi connectivity index (χ4v) is 4.27. The van der Waals surface area contributed by atoms with Crippen LogP contribution in [0.1, 0.15) is 43.0 Å². The number of nitrogens with one attached hydrogen (secondary N) is 1. The first-order valence-corrected chi connectivity index (χ1v) is 9.62. The van der Waals surface area contributed by atoms with Crippen LogP contribution in [0.25, 0.3) is 0 Å². The maximum Gasteiger partial charge on any atom is 0.321 e. The van der Waals surface area contributed by atoms with Gasteiger partial charge >= 0.3 is 6.03 Å². The minimum absolute atomic E-state index is 0.0512. The van der Waals surface area contributed by atoms with Crippen molar-refractivity contribution >= 4 is 11.7 Å². The predicted octanol–water partition coefficient (Wildman–Crippen LogP) is 3.37. The van der Waals surface area contributed by atoms with Crippen LogP contribution in [-0.2, 0) is 11.2 Å². The summed E-state index contributed by atoms with van der Waals surface area (Å²) in [5, 5.41) is 7.01. The van der Waals surface area contributed by atoms with E-state index >= 15 is 0 Å². The Morgan fingerprint density at radius 3 is 2.89 bits per heavy atom. The van der Waals surface area contributed by atoms with Gasteiger partial charge in [-0.05, 0) is 43.9 Å². The smallest absolute Gasteiger partial charge is 0.321 e. The van der Waals surface area contributed by atoms with Crippen molar-refractivity contribution in [2.24, 2.45) is 5.41 Å². The normalized spacial score (nSPS) is 21.6. The molecule has 2 saturated heterocycles. The van der Waals surface area contributed by atoms with Gasteiger partial charge in [-0.25, -0.2) is 4.79 Å². The number of benzene rings is 1. The van der Waals surface area contributed by atoms with E-state index in [0.29, 0.717) is 38.0 Å². The number of carbonyl (C=O) groups is 1. The molecule has 0 aliphatic carbocycles. The van der Waals surface area contributed by atoms with Gasteiger partial charge in [0.05, 0.1) is 5.92 Å². The topological polar surface area (TPSA) is 80.5 Å². The van der Waals surface area contributed by atoms with Gasteiger partial charge in [0, 0.05) is 37.4 Å². The van der Waals surface area contributed by atoms with Crippen LogP contribution < -0.4 is 5.32 Å². The molecule has 0 bridgehead atoms. The maximum absolute atomic E-state index is 12.9. The Kier molecular flexibility index (Phi) is 4.86. The van der Waals surface area contributed by atoms with Crippen molar-refractivity contribution < 1.29 is 14.1 Å². The first-order valence-electron chi connectivity index (χ1n) is 9.62. The number of aromatic nitrogens is 2. The molecular formula is C20H26N4O3. The zero-order valence-corrected chi connectivity index (χ0v) is 15.9. The van der Waals surface area contributed by atoms with Crippen molar-refractivity contribution in [2.45, 2.75) is 39.0 Å². The third-order valence-electron chi connectivity index (χ3n) is 5.85. The zero-order chi connectivity index (χ0) is 18.9. The number of ether oxygens (including phenoxy) is 1. The van der Waals surface area contributed by atoms with E-state index in [9.17, 15) is 4.79 Å². The van der Waals surface area contributed by atoms with Crippen molar-refractivity contribution in [1.82, 2.24) is 15.0 Å². The number of amides is 2. The van der Waals surface area contributed by atoms with Crippen LogP contribution in [0, 0.1) is 12.3 Å². The Morgan fingerprint density at radius 2 is 2.19 bits per heavy atom. The van der Waals surface area contributed by atoms with Gasteiger partial charge in [0.15, 0.2) is 5.82 Å². The second-order valence-corrected chi connectivity index (χ2v) is 7.57. The first-order chi connectivity index (χ1) is 13.1. The van der Waals surface area contributed by atoms with Crippen molar-refractivity contribution in [3.05, 3.63) is 41.5 Å². The van der Waals surface area contributed by atoms with Crippen LogP contribution in [0.5, 0.6) is 0 Å². The molecule has 2 amide bonds. The van der Waals surface area contributed by atoms with E-state index in [-0.39, 0.29) is 17.4 Å². The number of hydrogen-bond acceptors (Lipinski definition) is 5.